The van der Waals surface area contributed by atoms with E-state index < -0.39 is 0 Å². The van der Waals surface area contributed by atoms with E-state index in [2.05, 4.69) is 78.3 Å². The van der Waals surface area contributed by atoms with E-state index in [0.717, 1.165) is 15.8 Å². The van der Waals surface area contributed by atoms with Gasteiger partial charge in [0, 0.05) is 12.7 Å². The molecule has 3 rings (SSSR count). The standard InChI is InChI=1S/C20H19BrO2/c1-13-10-17(20(18(21)11-13)23-12-22-3)19-14(2)8-9-15-6-4-5-7-16(15)19/h4-11H,12H2,1-3H3. The van der Waals surface area contributed by atoms with E-state index >= 15 is 0 Å². The monoisotopic (exact) mass is 370 g/mol. The van der Waals surface area contributed by atoms with Gasteiger partial charge in [0.25, 0.3) is 0 Å². The Kier molecular flexibility index (Phi) is 4.69. The van der Waals surface area contributed by atoms with Crippen LogP contribution in [0.4, 0.5) is 0 Å². The highest BCUT2D eigenvalue weighted by molar-refractivity contribution is 9.10. The minimum absolute atomic E-state index is 0.221. The zero-order valence-corrected chi connectivity index (χ0v) is 15.1. The Morgan fingerprint density at radius 3 is 2.57 bits per heavy atom. The summed E-state index contributed by atoms with van der Waals surface area (Å²) >= 11 is 3.63. The number of fused-ring (bicyclic) bond motifs is 1. The van der Waals surface area contributed by atoms with Crippen LogP contribution >= 0.6 is 15.9 Å². The molecule has 23 heavy (non-hydrogen) atoms. The van der Waals surface area contributed by atoms with Gasteiger partial charge in [-0.05, 0) is 69.4 Å². The van der Waals surface area contributed by atoms with E-state index in [1.165, 1.54) is 27.5 Å². The molecule has 3 aromatic rings. The van der Waals surface area contributed by atoms with Crippen LogP contribution in [0.2, 0.25) is 0 Å². The van der Waals surface area contributed by atoms with Gasteiger partial charge in [-0.15, -0.1) is 0 Å². The summed E-state index contributed by atoms with van der Waals surface area (Å²) in [4.78, 5) is 0. The largest absolute Gasteiger partial charge is 0.466 e. The zero-order valence-electron chi connectivity index (χ0n) is 13.5. The third-order valence-corrected chi connectivity index (χ3v) is 4.50. The first-order chi connectivity index (χ1) is 11.1. The number of hydrogen-bond acceptors (Lipinski definition) is 2. The van der Waals surface area contributed by atoms with Gasteiger partial charge in [0.2, 0.25) is 0 Å². The Balaban J connectivity index is 2.32. The maximum Gasteiger partial charge on any atom is 0.188 e. The molecule has 0 spiro atoms. The third-order valence-electron chi connectivity index (χ3n) is 3.92. The van der Waals surface area contributed by atoms with Gasteiger partial charge in [0.05, 0.1) is 4.47 Å². The van der Waals surface area contributed by atoms with Gasteiger partial charge < -0.3 is 9.47 Å². The molecule has 0 saturated heterocycles. The van der Waals surface area contributed by atoms with Crippen LogP contribution in [-0.4, -0.2) is 13.9 Å². The van der Waals surface area contributed by atoms with Gasteiger partial charge in [0.15, 0.2) is 6.79 Å². The van der Waals surface area contributed by atoms with Gasteiger partial charge in [-0.1, -0.05) is 36.4 Å². The molecule has 0 amide bonds. The first-order valence-corrected chi connectivity index (χ1v) is 8.31. The fraction of sp³-hybridized carbons (Fsp3) is 0.200. The first kappa shape index (κ1) is 16.0. The van der Waals surface area contributed by atoms with Crippen molar-refractivity contribution in [3.05, 3.63) is 64.1 Å². The SMILES string of the molecule is COCOc1c(Br)cc(C)cc1-c1c(C)ccc2ccccc12. The molecule has 0 fully saturated rings. The number of ether oxygens (including phenoxy) is 2. The summed E-state index contributed by atoms with van der Waals surface area (Å²) in [5.74, 6) is 0.817. The number of aryl methyl sites for hydroxylation is 2. The molecule has 0 N–H and O–H groups in total. The van der Waals surface area contributed by atoms with Crippen LogP contribution in [0, 0.1) is 13.8 Å². The molecule has 0 aliphatic carbocycles. The molecule has 0 aromatic heterocycles. The molecule has 0 bridgehead atoms. The van der Waals surface area contributed by atoms with Crippen molar-refractivity contribution in [2.75, 3.05) is 13.9 Å². The molecule has 0 aliphatic heterocycles. The molecule has 3 aromatic carbocycles. The van der Waals surface area contributed by atoms with E-state index in [1.807, 2.05) is 0 Å². The summed E-state index contributed by atoms with van der Waals surface area (Å²) in [6, 6.07) is 17.0. The lowest BCUT2D eigenvalue weighted by molar-refractivity contribution is 0.0510. The lowest BCUT2D eigenvalue weighted by Crippen LogP contribution is -2.02. The van der Waals surface area contributed by atoms with Crippen LogP contribution in [0.1, 0.15) is 11.1 Å². The van der Waals surface area contributed by atoms with Gasteiger partial charge >= 0.3 is 0 Å². The van der Waals surface area contributed by atoms with E-state index in [4.69, 9.17) is 9.47 Å². The molecule has 0 radical (unpaired) electrons. The van der Waals surface area contributed by atoms with Gasteiger partial charge in [-0.25, -0.2) is 0 Å². The van der Waals surface area contributed by atoms with Crippen molar-refractivity contribution < 1.29 is 9.47 Å². The molecule has 0 aliphatic rings. The van der Waals surface area contributed by atoms with E-state index in [1.54, 1.807) is 7.11 Å². The maximum atomic E-state index is 5.86. The van der Waals surface area contributed by atoms with Crippen molar-refractivity contribution in [3.63, 3.8) is 0 Å². The molecule has 2 nitrogen and oxygen atoms in total. The Bertz CT molecular complexity index is 856. The molecule has 0 saturated carbocycles. The van der Waals surface area contributed by atoms with E-state index in [0.29, 0.717) is 0 Å². The molecule has 118 valence electrons. The normalized spacial score (nSPS) is 11.0. The molecular formula is C20H19BrO2. The van der Waals surface area contributed by atoms with Crippen molar-refractivity contribution in [1.29, 1.82) is 0 Å². The fourth-order valence-corrected chi connectivity index (χ4v) is 3.61. The molecular weight excluding hydrogens is 352 g/mol. The Morgan fingerprint density at radius 2 is 1.78 bits per heavy atom. The molecule has 0 atom stereocenters. The fourth-order valence-electron chi connectivity index (χ4n) is 2.92. The van der Waals surface area contributed by atoms with E-state index in [-0.39, 0.29) is 6.79 Å². The second-order valence-corrected chi connectivity index (χ2v) is 6.51. The Morgan fingerprint density at radius 1 is 1.00 bits per heavy atom. The Labute approximate surface area is 145 Å². The van der Waals surface area contributed by atoms with Gasteiger partial charge in [-0.2, -0.15) is 0 Å². The topological polar surface area (TPSA) is 18.5 Å². The van der Waals surface area contributed by atoms with E-state index in [9.17, 15) is 0 Å². The number of benzene rings is 3. The second kappa shape index (κ2) is 6.73. The van der Waals surface area contributed by atoms with Gasteiger partial charge in [-0.3, -0.25) is 0 Å². The predicted octanol–water partition coefficient (Wildman–Crippen LogP) is 5.87. The summed E-state index contributed by atoms with van der Waals surface area (Å²) in [5.41, 5.74) is 4.70. The van der Waals surface area contributed by atoms with Crippen molar-refractivity contribution >= 4 is 26.7 Å². The smallest absolute Gasteiger partial charge is 0.188 e. The summed E-state index contributed by atoms with van der Waals surface area (Å²) in [7, 11) is 1.63. The van der Waals surface area contributed by atoms with Crippen molar-refractivity contribution in [2.45, 2.75) is 13.8 Å². The Hall–Kier alpha value is -1.84. The van der Waals surface area contributed by atoms with Crippen LogP contribution in [0.15, 0.2) is 53.0 Å². The number of methoxy groups -OCH3 is 1. The highest BCUT2D eigenvalue weighted by Gasteiger charge is 2.16. The number of hydrogen-bond donors (Lipinski definition) is 0. The summed E-state index contributed by atoms with van der Waals surface area (Å²) in [6.07, 6.45) is 0. The third kappa shape index (κ3) is 3.12. The lowest BCUT2D eigenvalue weighted by Gasteiger charge is -2.17. The van der Waals surface area contributed by atoms with Crippen molar-refractivity contribution in [3.8, 4) is 16.9 Å². The lowest BCUT2D eigenvalue weighted by atomic mass is 9.92. The highest BCUT2D eigenvalue weighted by Crippen LogP contribution is 2.42. The summed E-state index contributed by atoms with van der Waals surface area (Å²) in [5, 5.41) is 2.45. The van der Waals surface area contributed by atoms with Gasteiger partial charge in [0.1, 0.15) is 5.75 Å². The summed E-state index contributed by atoms with van der Waals surface area (Å²) in [6.45, 7) is 4.45. The number of halogens is 1. The van der Waals surface area contributed by atoms with Crippen LogP contribution < -0.4 is 4.74 Å². The number of rotatable bonds is 4. The summed E-state index contributed by atoms with van der Waals surface area (Å²) < 4.78 is 11.9. The van der Waals surface area contributed by atoms with Crippen LogP contribution in [0.5, 0.6) is 5.75 Å². The molecule has 0 unspecified atom stereocenters. The average Bonchev–Trinajstić information content (AvgIpc) is 2.53. The first-order valence-electron chi connectivity index (χ1n) is 7.52. The van der Waals surface area contributed by atoms with Crippen LogP contribution in [0.25, 0.3) is 21.9 Å². The van der Waals surface area contributed by atoms with Crippen molar-refractivity contribution in [2.24, 2.45) is 0 Å². The zero-order chi connectivity index (χ0) is 16.4. The second-order valence-electron chi connectivity index (χ2n) is 5.65. The van der Waals surface area contributed by atoms with Crippen molar-refractivity contribution in [1.82, 2.24) is 0 Å². The minimum Gasteiger partial charge on any atom is -0.466 e. The predicted molar refractivity (Wildman–Crippen MR) is 99.1 cm³/mol. The average molecular weight is 371 g/mol. The molecule has 3 heteroatoms. The maximum absolute atomic E-state index is 5.86. The molecule has 0 heterocycles. The highest BCUT2D eigenvalue weighted by atomic mass is 79.9. The van der Waals surface area contributed by atoms with Crippen LogP contribution in [-0.2, 0) is 4.74 Å². The minimum atomic E-state index is 0.221. The van der Waals surface area contributed by atoms with Crippen LogP contribution in [0.3, 0.4) is 0 Å². The quantitative estimate of drug-likeness (QED) is 0.534.